The average Bonchev–Trinajstić information content (AvgIpc) is 3.04. The van der Waals surface area contributed by atoms with Gasteiger partial charge in [-0.1, -0.05) is 30.3 Å². The van der Waals surface area contributed by atoms with Crippen LogP contribution < -0.4 is 17.7 Å². The van der Waals surface area contributed by atoms with Crippen molar-refractivity contribution < 1.29 is 17.2 Å². The van der Waals surface area contributed by atoms with Crippen molar-refractivity contribution in [2.45, 2.75) is 36.7 Å². The molecule has 1 aromatic rings. The molecule has 0 aliphatic carbocycles. The lowest BCUT2D eigenvalue weighted by Gasteiger charge is -2.23. The molecule has 0 spiro atoms. The Bertz CT molecular complexity index is 498. The molecule has 3 aliphatic heterocycles. The Kier molecular flexibility index (Phi) is 3.87. The number of fused-ring (bicyclic) bond motifs is 3. The molecule has 3 nitrogen and oxygen atoms in total. The number of nitrogens with one attached hydrogen (secondary N) is 1. The van der Waals surface area contributed by atoms with Crippen LogP contribution in [-0.4, -0.2) is 39.8 Å². The van der Waals surface area contributed by atoms with Crippen molar-refractivity contribution in [3.8, 4) is 0 Å². The molecule has 4 unspecified atom stereocenters. The van der Waals surface area contributed by atoms with Gasteiger partial charge in [-0.2, -0.15) is 0 Å². The number of hydrogen-bond donors (Lipinski definition) is 1. The monoisotopic (exact) mass is 310 g/mol. The van der Waals surface area contributed by atoms with Crippen molar-refractivity contribution in [3.05, 3.63) is 35.9 Å². The molecule has 20 heavy (non-hydrogen) atoms. The Labute approximate surface area is 128 Å². The number of halogens is 1. The SMILES string of the molecule is O=C1NC2C[S+]3CCCC3C2N1Cc1ccccc1.[Cl-]. The summed E-state index contributed by atoms with van der Waals surface area (Å²) in [6.07, 6.45) is 2.69. The van der Waals surface area contributed by atoms with Gasteiger partial charge in [-0.15, -0.1) is 0 Å². The smallest absolute Gasteiger partial charge is 0.318 e. The highest BCUT2D eigenvalue weighted by Crippen LogP contribution is 2.39. The summed E-state index contributed by atoms with van der Waals surface area (Å²) in [5.74, 6) is 2.62. The van der Waals surface area contributed by atoms with Gasteiger partial charge in [0.25, 0.3) is 0 Å². The van der Waals surface area contributed by atoms with Gasteiger partial charge in [0.2, 0.25) is 0 Å². The van der Waals surface area contributed by atoms with Gasteiger partial charge in [0.15, 0.2) is 0 Å². The van der Waals surface area contributed by atoms with E-state index in [1.165, 1.54) is 29.9 Å². The van der Waals surface area contributed by atoms with E-state index in [4.69, 9.17) is 0 Å². The number of urea groups is 1. The van der Waals surface area contributed by atoms with Crippen LogP contribution >= 0.6 is 0 Å². The van der Waals surface area contributed by atoms with Gasteiger partial charge in [0.1, 0.15) is 28.8 Å². The Hall–Kier alpha value is -0.870. The number of amides is 2. The van der Waals surface area contributed by atoms with Crippen molar-refractivity contribution in [3.63, 3.8) is 0 Å². The lowest BCUT2D eigenvalue weighted by Crippen LogP contribution is -3.00. The second kappa shape index (κ2) is 5.49. The summed E-state index contributed by atoms with van der Waals surface area (Å²) in [4.78, 5) is 14.3. The van der Waals surface area contributed by atoms with Gasteiger partial charge in [-0.25, -0.2) is 4.79 Å². The Morgan fingerprint density at radius 3 is 2.90 bits per heavy atom. The molecule has 0 bridgehead atoms. The molecule has 4 rings (SSSR count). The van der Waals surface area contributed by atoms with Crippen molar-refractivity contribution in [1.29, 1.82) is 0 Å². The fourth-order valence-corrected chi connectivity index (χ4v) is 7.06. The molecular formula is C15H19ClN2OS. The summed E-state index contributed by atoms with van der Waals surface area (Å²) in [6, 6.07) is 11.4. The summed E-state index contributed by atoms with van der Waals surface area (Å²) in [5.41, 5.74) is 1.24. The number of carbonyl (C=O) groups excluding carboxylic acids is 1. The third-order valence-electron chi connectivity index (χ3n) is 4.64. The molecule has 3 saturated heterocycles. The molecule has 108 valence electrons. The Morgan fingerprint density at radius 2 is 2.10 bits per heavy atom. The molecule has 3 aliphatic rings. The van der Waals surface area contributed by atoms with E-state index in [1.807, 2.05) is 6.07 Å². The maximum atomic E-state index is 12.2. The van der Waals surface area contributed by atoms with Gasteiger partial charge in [-0.05, 0) is 22.9 Å². The highest BCUT2D eigenvalue weighted by atomic mass is 35.5. The van der Waals surface area contributed by atoms with Crippen LogP contribution in [-0.2, 0) is 17.4 Å². The molecule has 0 aromatic heterocycles. The minimum Gasteiger partial charge on any atom is -1.00 e. The van der Waals surface area contributed by atoms with Crippen LogP contribution in [0.4, 0.5) is 4.79 Å². The van der Waals surface area contributed by atoms with Crippen LogP contribution in [0.1, 0.15) is 18.4 Å². The van der Waals surface area contributed by atoms with Crippen LogP contribution in [0.5, 0.6) is 0 Å². The number of rotatable bonds is 2. The highest BCUT2D eigenvalue weighted by Gasteiger charge is 2.59. The van der Waals surface area contributed by atoms with E-state index in [-0.39, 0.29) is 18.4 Å². The lowest BCUT2D eigenvalue weighted by molar-refractivity contribution is -0.00000735. The first-order valence-corrected chi connectivity index (χ1v) is 8.73. The maximum absolute atomic E-state index is 12.2. The molecule has 3 fully saturated rings. The lowest BCUT2D eigenvalue weighted by atomic mass is 10.0. The quantitative estimate of drug-likeness (QED) is 0.537. The maximum Gasteiger partial charge on any atom is 0.318 e. The largest absolute Gasteiger partial charge is 1.00 e. The summed E-state index contributed by atoms with van der Waals surface area (Å²) in [6.45, 7) is 0.765. The summed E-state index contributed by atoms with van der Waals surface area (Å²) in [5, 5.41) is 3.98. The van der Waals surface area contributed by atoms with Crippen LogP contribution in [0, 0.1) is 0 Å². The molecule has 5 heteroatoms. The fraction of sp³-hybridized carbons (Fsp3) is 0.533. The normalized spacial score (nSPS) is 34.4. The fourth-order valence-electron chi connectivity index (χ4n) is 3.83. The molecule has 1 aromatic carbocycles. The van der Waals surface area contributed by atoms with E-state index in [2.05, 4.69) is 34.5 Å². The minimum absolute atomic E-state index is 0. The first-order valence-electron chi connectivity index (χ1n) is 7.10. The second-order valence-corrected chi connectivity index (χ2v) is 8.17. The van der Waals surface area contributed by atoms with E-state index in [0.29, 0.717) is 23.0 Å². The van der Waals surface area contributed by atoms with Gasteiger partial charge in [0.05, 0.1) is 0 Å². The molecule has 3 heterocycles. The Balaban J connectivity index is 0.00000121. The van der Waals surface area contributed by atoms with Crippen molar-refractivity contribution in [2.75, 3.05) is 11.5 Å². The minimum atomic E-state index is 0. The molecule has 0 saturated carbocycles. The molecule has 4 atom stereocenters. The predicted molar refractivity (Wildman–Crippen MR) is 78.2 cm³/mol. The first-order chi connectivity index (χ1) is 9.33. The second-order valence-electron chi connectivity index (χ2n) is 5.75. The van der Waals surface area contributed by atoms with Crippen LogP contribution in [0.2, 0.25) is 0 Å². The van der Waals surface area contributed by atoms with Gasteiger partial charge < -0.3 is 22.6 Å². The number of benzene rings is 1. The summed E-state index contributed by atoms with van der Waals surface area (Å²) in [7, 11) is 0.573. The third kappa shape index (κ3) is 2.19. The third-order valence-corrected chi connectivity index (χ3v) is 7.61. The highest BCUT2D eigenvalue weighted by molar-refractivity contribution is 7.98. The molecular weight excluding hydrogens is 292 g/mol. The zero-order chi connectivity index (χ0) is 12.8. The first kappa shape index (κ1) is 14.1. The van der Waals surface area contributed by atoms with Crippen LogP contribution in [0.3, 0.4) is 0 Å². The number of nitrogens with zero attached hydrogens (tertiary/aromatic N) is 1. The topological polar surface area (TPSA) is 32.3 Å². The molecule has 0 radical (unpaired) electrons. The summed E-state index contributed by atoms with van der Waals surface area (Å²) >= 11 is 0. The van der Waals surface area contributed by atoms with E-state index < -0.39 is 0 Å². The molecule has 2 amide bonds. The standard InChI is InChI=1S/C15H18N2OS.ClH/c18-15-16-12-10-19-8-4-7-13(19)14(12)17(15)9-11-5-2-1-3-6-11;/h1-3,5-6,12-14H,4,7-10H2;1H. The average molecular weight is 311 g/mol. The van der Waals surface area contributed by atoms with Crippen molar-refractivity contribution in [1.82, 2.24) is 10.2 Å². The van der Waals surface area contributed by atoms with E-state index in [0.717, 1.165) is 11.8 Å². The zero-order valence-electron chi connectivity index (χ0n) is 11.3. The van der Waals surface area contributed by atoms with Crippen LogP contribution in [0.25, 0.3) is 0 Å². The van der Waals surface area contributed by atoms with Gasteiger partial charge in [-0.3, -0.25) is 0 Å². The summed E-state index contributed by atoms with van der Waals surface area (Å²) < 4.78 is 0. The van der Waals surface area contributed by atoms with E-state index >= 15 is 0 Å². The van der Waals surface area contributed by atoms with Crippen LogP contribution in [0.15, 0.2) is 30.3 Å². The van der Waals surface area contributed by atoms with Crippen molar-refractivity contribution >= 4 is 16.9 Å². The van der Waals surface area contributed by atoms with Gasteiger partial charge >= 0.3 is 6.03 Å². The Morgan fingerprint density at radius 1 is 1.30 bits per heavy atom. The zero-order valence-corrected chi connectivity index (χ0v) is 12.9. The van der Waals surface area contributed by atoms with E-state index in [1.54, 1.807) is 0 Å². The van der Waals surface area contributed by atoms with Crippen molar-refractivity contribution in [2.24, 2.45) is 0 Å². The van der Waals surface area contributed by atoms with Gasteiger partial charge in [0, 0.05) is 13.0 Å². The molecule has 1 N–H and O–H groups in total. The van der Waals surface area contributed by atoms with E-state index in [9.17, 15) is 4.79 Å². The predicted octanol–water partition coefficient (Wildman–Crippen LogP) is -1.25. The number of carbonyl (C=O) groups is 1. The number of hydrogen-bond acceptors (Lipinski definition) is 1.